The lowest BCUT2D eigenvalue weighted by atomic mass is 9.99. The van der Waals surface area contributed by atoms with Crippen LogP contribution in [0.1, 0.15) is 51.0 Å². The van der Waals surface area contributed by atoms with Crippen molar-refractivity contribution in [1.29, 1.82) is 0 Å². The highest BCUT2D eigenvalue weighted by atomic mass is 16.2. The van der Waals surface area contributed by atoms with E-state index in [1.807, 2.05) is 11.1 Å². The predicted octanol–water partition coefficient (Wildman–Crippen LogP) is 2.11. The minimum atomic E-state index is 0.229. The fraction of sp³-hybridized carbons (Fsp3) is 0.722. The third-order valence-corrected chi connectivity index (χ3v) is 5.77. The molecule has 1 aromatic rings. The van der Waals surface area contributed by atoms with Crippen molar-refractivity contribution < 1.29 is 4.79 Å². The zero-order valence-electron chi connectivity index (χ0n) is 14.4. The molecule has 0 spiro atoms. The molecule has 6 nitrogen and oxygen atoms in total. The molecule has 0 radical (unpaired) electrons. The summed E-state index contributed by atoms with van der Waals surface area (Å²) in [7, 11) is 0. The molecular formula is C18H27N5O. The molecule has 1 aliphatic carbocycles. The van der Waals surface area contributed by atoms with Crippen molar-refractivity contribution >= 4 is 17.7 Å². The minimum Gasteiger partial charge on any atom is -0.351 e. The van der Waals surface area contributed by atoms with E-state index in [-0.39, 0.29) is 5.91 Å². The molecule has 3 aliphatic rings. The Hall–Kier alpha value is -1.69. The van der Waals surface area contributed by atoms with E-state index in [0.29, 0.717) is 30.4 Å². The summed E-state index contributed by atoms with van der Waals surface area (Å²) in [6.45, 7) is 4.33. The number of rotatable bonds is 3. The van der Waals surface area contributed by atoms with E-state index >= 15 is 0 Å². The number of hydrogen-bond acceptors (Lipinski definition) is 5. The molecule has 1 amide bonds. The summed E-state index contributed by atoms with van der Waals surface area (Å²) < 4.78 is 0. The quantitative estimate of drug-likeness (QED) is 0.889. The van der Waals surface area contributed by atoms with Crippen LogP contribution in [0.4, 0.5) is 11.8 Å². The number of amides is 1. The fourth-order valence-electron chi connectivity index (χ4n) is 4.33. The molecule has 2 N–H and O–H groups in total. The summed E-state index contributed by atoms with van der Waals surface area (Å²) in [5.41, 5.74) is 1.12. The summed E-state index contributed by atoms with van der Waals surface area (Å²) in [6, 6.07) is 0.723. The Bertz CT molecular complexity index is 613. The van der Waals surface area contributed by atoms with Gasteiger partial charge in [0.15, 0.2) is 0 Å². The van der Waals surface area contributed by atoms with E-state index in [4.69, 9.17) is 4.98 Å². The van der Waals surface area contributed by atoms with Gasteiger partial charge in [0.1, 0.15) is 5.82 Å². The Labute approximate surface area is 143 Å². The number of hydrogen-bond donors (Lipinski definition) is 2. The van der Waals surface area contributed by atoms with Gasteiger partial charge in [-0.3, -0.25) is 9.69 Å². The average Bonchev–Trinajstić information content (AvgIpc) is 3.01. The van der Waals surface area contributed by atoms with Crippen LogP contribution in [0.2, 0.25) is 0 Å². The van der Waals surface area contributed by atoms with Gasteiger partial charge in [-0.1, -0.05) is 13.3 Å². The predicted molar refractivity (Wildman–Crippen MR) is 94.2 cm³/mol. The Kier molecular flexibility index (Phi) is 4.39. The maximum atomic E-state index is 12.6. The summed E-state index contributed by atoms with van der Waals surface area (Å²) in [4.78, 5) is 23.9. The zero-order valence-corrected chi connectivity index (χ0v) is 14.4. The van der Waals surface area contributed by atoms with Crippen molar-refractivity contribution in [2.24, 2.45) is 5.92 Å². The third-order valence-electron chi connectivity index (χ3n) is 5.77. The highest BCUT2D eigenvalue weighted by molar-refractivity contribution is 5.96. The van der Waals surface area contributed by atoms with Crippen LogP contribution < -0.4 is 15.5 Å². The van der Waals surface area contributed by atoms with Crippen molar-refractivity contribution in [1.82, 2.24) is 15.3 Å². The summed E-state index contributed by atoms with van der Waals surface area (Å²) >= 11 is 0. The van der Waals surface area contributed by atoms with Crippen LogP contribution in [0.25, 0.3) is 0 Å². The number of anilines is 2. The van der Waals surface area contributed by atoms with Gasteiger partial charge in [-0.2, -0.15) is 4.98 Å². The molecular weight excluding hydrogens is 302 g/mol. The van der Waals surface area contributed by atoms with Gasteiger partial charge in [0, 0.05) is 30.3 Å². The topological polar surface area (TPSA) is 70.2 Å². The standard InChI is InChI=1S/C18H27N5O/c1-12-3-2-4-15(12)23-16(24)6-5-13-11-20-18(22-17(13)23)21-14-7-9-19-10-8-14/h11-12,14-15,19H,2-10H2,1H3,(H,20,21,22)/t12-,15+/m0/s1. The van der Waals surface area contributed by atoms with Gasteiger partial charge in [-0.05, 0) is 51.1 Å². The first-order chi connectivity index (χ1) is 11.7. The number of aromatic nitrogens is 2. The molecule has 0 unspecified atom stereocenters. The van der Waals surface area contributed by atoms with Crippen molar-refractivity contribution in [2.75, 3.05) is 23.3 Å². The number of piperidine rings is 1. The monoisotopic (exact) mass is 329 g/mol. The van der Waals surface area contributed by atoms with Crippen LogP contribution in [0.3, 0.4) is 0 Å². The molecule has 3 heterocycles. The lowest BCUT2D eigenvalue weighted by molar-refractivity contribution is -0.119. The summed E-state index contributed by atoms with van der Waals surface area (Å²) in [5, 5.41) is 6.84. The zero-order chi connectivity index (χ0) is 16.5. The Balaban J connectivity index is 1.60. The third kappa shape index (κ3) is 2.99. The van der Waals surface area contributed by atoms with Crippen LogP contribution in [0.5, 0.6) is 0 Å². The molecule has 1 aromatic heterocycles. The van der Waals surface area contributed by atoms with Crippen LogP contribution in [0.15, 0.2) is 6.20 Å². The second-order valence-corrected chi connectivity index (χ2v) is 7.45. The van der Waals surface area contributed by atoms with Gasteiger partial charge in [0.25, 0.3) is 0 Å². The number of nitrogens with one attached hydrogen (secondary N) is 2. The van der Waals surface area contributed by atoms with Gasteiger partial charge < -0.3 is 10.6 Å². The van der Waals surface area contributed by atoms with E-state index in [0.717, 1.165) is 50.2 Å². The Morgan fingerprint density at radius 2 is 2.04 bits per heavy atom. The van der Waals surface area contributed by atoms with Crippen molar-refractivity contribution in [2.45, 2.75) is 64.0 Å². The van der Waals surface area contributed by atoms with E-state index in [1.165, 1.54) is 12.8 Å². The number of fused-ring (bicyclic) bond motifs is 1. The molecule has 4 rings (SSSR count). The van der Waals surface area contributed by atoms with Crippen LogP contribution in [-0.4, -0.2) is 41.0 Å². The number of aryl methyl sites for hydroxylation is 1. The fourth-order valence-corrected chi connectivity index (χ4v) is 4.33. The maximum absolute atomic E-state index is 12.6. The molecule has 6 heteroatoms. The van der Waals surface area contributed by atoms with Crippen molar-refractivity contribution in [3.63, 3.8) is 0 Å². The summed E-state index contributed by atoms with van der Waals surface area (Å²) in [5.74, 6) is 2.31. The minimum absolute atomic E-state index is 0.229. The lowest BCUT2D eigenvalue weighted by Crippen LogP contribution is -2.45. The Morgan fingerprint density at radius 1 is 1.21 bits per heavy atom. The molecule has 2 atom stereocenters. The molecule has 2 aliphatic heterocycles. The van der Waals surface area contributed by atoms with Gasteiger partial charge in [-0.25, -0.2) is 4.98 Å². The first-order valence-electron chi connectivity index (χ1n) is 9.37. The summed E-state index contributed by atoms with van der Waals surface area (Å²) in [6.07, 6.45) is 8.94. The molecule has 0 aromatic carbocycles. The first kappa shape index (κ1) is 15.8. The number of carbonyl (C=O) groups is 1. The SMILES string of the molecule is C[C@H]1CCC[C@H]1N1C(=O)CCc2cnc(NC3CCNCC3)nc21. The Morgan fingerprint density at radius 3 is 2.79 bits per heavy atom. The number of carbonyl (C=O) groups excluding carboxylic acids is 1. The smallest absolute Gasteiger partial charge is 0.228 e. The van der Waals surface area contributed by atoms with Crippen LogP contribution in [0, 0.1) is 5.92 Å². The van der Waals surface area contributed by atoms with E-state index < -0.39 is 0 Å². The molecule has 1 saturated heterocycles. The maximum Gasteiger partial charge on any atom is 0.228 e. The molecule has 0 bridgehead atoms. The molecule has 2 fully saturated rings. The highest BCUT2D eigenvalue weighted by Crippen LogP contribution is 2.36. The van der Waals surface area contributed by atoms with Crippen LogP contribution >= 0.6 is 0 Å². The van der Waals surface area contributed by atoms with Crippen molar-refractivity contribution in [3.05, 3.63) is 11.8 Å². The van der Waals surface area contributed by atoms with Gasteiger partial charge >= 0.3 is 0 Å². The largest absolute Gasteiger partial charge is 0.351 e. The van der Waals surface area contributed by atoms with Crippen LogP contribution in [-0.2, 0) is 11.2 Å². The first-order valence-corrected chi connectivity index (χ1v) is 9.37. The van der Waals surface area contributed by atoms with Crippen molar-refractivity contribution in [3.8, 4) is 0 Å². The van der Waals surface area contributed by atoms with E-state index in [9.17, 15) is 4.79 Å². The molecule has 24 heavy (non-hydrogen) atoms. The molecule has 130 valence electrons. The van der Waals surface area contributed by atoms with Gasteiger partial charge in [-0.15, -0.1) is 0 Å². The molecule has 1 saturated carbocycles. The number of nitrogens with zero attached hydrogens (tertiary/aromatic N) is 3. The second-order valence-electron chi connectivity index (χ2n) is 7.45. The second kappa shape index (κ2) is 6.67. The van der Waals surface area contributed by atoms with Gasteiger partial charge in [0.2, 0.25) is 11.9 Å². The van der Waals surface area contributed by atoms with Gasteiger partial charge in [0.05, 0.1) is 0 Å². The van der Waals surface area contributed by atoms with E-state index in [1.54, 1.807) is 0 Å². The average molecular weight is 329 g/mol. The normalized spacial score (nSPS) is 28.0. The lowest BCUT2D eigenvalue weighted by Gasteiger charge is -2.35. The highest BCUT2D eigenvalue weighted by Gasteiger charge is 2.37. The van der Waals surface area contributed by atoms with E-state index in [2.05, 4.69) is 22.5 Å².